The third-order valence-corrected chi connectivity index (χ3v) is 10.6. The van der Waals surface area contributed by atoms with E-state index < -0.39 is 0 Å². The smallest absolute Gasteiger partial charge is 0.0972 e. The topological polar surface area (TPSA) is 64.5 Å². The first-order valence-corrected chi connectivity index (χ1v) is 18.1. The molecule has 0 atom stereocenters. The first-order valence-electron chi connectivity index (χ1n) is 18.1. The summed E-state index contributed by atoms with van der Waals surface area (Å²) < 4.78 is 0. The van der Waals surface area contributed by atoms with Crippen LogP contribution >= 0.6 is 0 Å². The Hall–Kier alpha value is -7.37. The zero-order chi connectivity index (χ0) is 35.6. The number of nitrogens with zero attached hydrogens (tertiary/aromatic N) is 5. The molecule has 11 aromatic rings. The maximum atomic E-state index is 5.26. The highest BCUT2D eigenvalue weighted by Gasteiger charge is 2.14. The molecule has 6 aromatic carbocycles. The SMILES string of the molecule is c1cc(-c2ccc3ccc(-c4ccc5ccc(-c6ccc(-c7ccc8ccc9cccnc9c8n7)c7ccccc67)nc5c4)cc3n2)c2cnccc2c1. The average Bonchev–Trinajstić information content (AvgIpc) is 3.24. The molecule has 0 aliphatic carbocycles. The van der Waals surface area contributed by atoms with Crippen molar-refractivity contribution in [1.82, 2.24) is 24.9 Å². The maximum absolute atomic E-state index is 5.26. The van der Waals surface area contributed by atoms with Gasteiger partial charge in [0.2, 0.25) is 0 Å². The van der Waals surface area contributed by atoms with Gasteiger partial charge in [-0.05, 0) is 69.8 Å². The highest BCUT2D eigenvalue weighted by molar-refractivity contribution is 6.07. The van der Waals surface area contributed by atoms with Crippen molar-refractivity contribution in [2.45, 2.75) is 0 Å². The molecule has 0 aliphatic heterocycles. The highest BCUT2D eigenvalue weighted by Crippen LogP contribution is 2.37. The molecule has 0 spiro atoms. The van der Waals surface area contributed by atoms with E-state index in [1.807, 2.05) is 30.7 Å². The maximum Gasteiger partial charge on any atom is 0.0972 e. The normalized spacial score (nSPS) is 11.7. The Morgan fingerprint density at radius 2 is 0.889 bits per heavy atom. The Bertz CT molecular complexity index is 3290. The summed E-state index contributed by atoms with van der Waals surface area (Å²) in [6.45, 7) is 0. The number of fused-ring (bicyclic) bond motifs is 7. The third-order valence-electron chi connectivity index (χ3n) is 10.6. The largest absolute Gasteiger partial charge is 0.264 e. The van der Waals surface area contributed by atoms with Crippen molar-refractivity contribution >= 4 is 65.2 Å². The highest BCUT2D eigenvalue weighted by atomic mass is 14.8. The van der Waals surface area contributed by atoms with Gasteiger partial charge >= 0.3 is 0 Å². The summed E-state index contributed by atoms with van der Waals surface area (Å²) in [6, 6.07) is 55.3. The number of hydrogen-bond acceptors (Lipinski definition) is 5. The molecule has 0 unspecified atom stereocenters. The second kappa shape index (κ2) is 12.1. The van der Waals surface area contributed by atoms with E-state index in [1.165, 1.54) is 0 Å². The van der Waals surface area contributed by atoms with E-state index in [2.05, 4.69) is 156 Å². The fourth-order valence-electron chi connectivity index (χ4n) is 7.85. The Kier molecular flexibility index (Phi) is 6.79. The molecule has 5 nitrogen and oxygen atoms in total. The van der Waals surface area contributed by atoms with Gasteiger partial charge in [0.05, 0.1) is 39.1 Å². The molecule has 0 amide bonds. The number of rotatable bonds is 4. The van der Waals surface area contributed by atoms with Gasteiger partial charge < -0.3 is 0 Å². The molecular formula is C49H29N5. The first kappa shape index (κ1) is 30.3. The summed E-state index contributed by atoms with van der Waals surface area (Å²) in [5.74, 6) is 0. The second-order valence-corrected chi connectivity index (χ2v) is 13.7. The molecule has 0 aliphatic rings. The lowest BCUT2D eigenvalue weighted by Gasteiger charge is -2.13. The molecule has 0 radical (unpaired) electrons. The van der Waals surface area contributed by atoms with Crippen LogP contribution in [0.2, 0.25) is 0 Å². The Labute approximate surface area is 310 Å². The van der Waals surface area contributed by atoms with Crippen LogP contribution in [0.1, 0.15) is 0 Å². The van der Waals surface area contributed by atoms with Crippen LogP contribution in [0.25, 0.3) is 110 Å². The average molecular weight is 688 g/mol. The summed E-state index contributed by atoms with van der Waals surface area (Å²) in [5, 5.41) is 8.87. The van der Waals surface area contributed by atoms with Crippen molar-refractivity contribution in [3.8, 4) is 44.9 Å². The lowest BCUT2D eigenvalue weighted by molar-refractivity contribution is 1.35. The van der Waals surface area contributed by atoms with Crippen LogP contribution in [0.15, 0.2) is 176 Å². The lowest BCUT2D eigenvalue weighted by atomic mass is 9.95. The van der Waals surface area contributed by atoms with Crippen molar-refractivity contribution in [1.29, 1.82) is 0 Å². The molecule has 11 rings (SSSR count). The molecule has 5 aromatic heterocycles. The van der Waals surface area contributed by atoms with Crippen LogP contribution < -0.4 is 0 Å². The molecule has 0 bridgehead atoms. The van der Waals surface area contributed by atoms with Gasteiger partial charge in [0.1, 0.15) is 0 Å². The van der Waals surface area contributed by atoms with Crippen LogP contribution in [-0.2, 0) is 0 Å². The van der Waals surface area contributed by atoms with Gasteiger partial charge in [0, 0.05) is 62.2 Å². The minimum absolute atomic E-state index is 0.913. The molecule has 250 valence electrons. The summed E-state index contributed by atoms with van der Waals surface area (Å²) >= 11 is 0. The zero-order valence-electron chi connectivity index (χ0n) is 29.0. The van der Waals surface area contributed by atoms with E-state index in [0.717, 1.165) is 110 Å². The zero-order valence-corrected chi connectivity index (χ0v) is 29.0. The Morgan fingerprint density at radius 3 is 1.57 bits per heavy atom. The number of hydrogen-bond donors (Lipinski definition) is 0. The summed E-state index contributed by atoms with van der Waals surface area (Å²) in [4.78, 5) is 24.6. The van der Waals surface area contributed by atoms with Crippen LogP contribution in [0, 0.1) is 0 Å². The van der Waals surface area contributed by atoms with E-state index >= 15 is 0 Å². The molecule has 0 N–H and O–H groups in total. The standard InChI is InChI=1S/C49H29N5/c1-2-8-38-37(7-1)40(19-20-41(38)45-23-18-34-13-12-33-6-4-25-51-48(33)49(34)54-45)44-22-17-32-11-15-36(28-47(32)53-44)35-14-10-31-16-21-43(52-46(31)27-35)39-9-3-5-30-24-26-50-29-42(30)39/h1-29H. The van der Waals surface area contributed by atoms with Crippen molar-refractivity contribution < 1.29 is 0 Å². The summed E-state index contributed by atoms with van der Waals surface area (Å²) in [5.41, 5.74) is 11.9. The predicted molar refractivity (Wildman–Crippen MR) is 222 cm³/mol. The minimum atomic E-state index is 0.913. The molecule has 54 heavy (non-hydrogen) atoms. The molecule has 0 fully saturated rings. The van der Waals surface area contributed by atoms with Crippen molar-refractivity contribution in [2.75, 3.05) is 0 Å². The van der Waals surface area contributed by atoms with Crippen molar-refractivity contribution in [2.24, 2.45) is 0 Å². The molecule has 0 saturated heterocycles. The molecule has 5 heterocycles. The van der Waals surface area contributed by atoms with Crippen LogP contribution in [0.4, 0.5) is 0 Å². The number of pyridine rings is 5. The van der Waals surface area contributed by atoms with Crippen LogP contribution in [0.5, 0.6) is 0 Å². The van der Waals surface area contributed by atoms with Gasteiger partial charge in [-0.15, -0.1) is 0 Å². The molecular weight excluding hydrogens is 659 g/mol. The van der Waals surface area contributed by atoms with Gasteiger partial charge in [-0.1, -0.05) is 115 Å². The Balaban J connectivity index is 0.985. The summed E-state index contributed by atoms with van der Waals surface area (Å²) in [7, 11) is 0. The van der Waals surface area contributed by atoms with E-state index in [9.17, 15) is 0 Å². The minimum Gasteiger partial charge on any atom is -0.264 e. The molecule has 0 saturated carbocycles. The van der Waals surface area contributed by atoms with Gasteiger partial charge in [0.15, 0.2) is 0 Å². The predicted octanol–water partition coefficient (Wildman–Crippen LogP) is 12.2. The quantitative estimate of drug-likeness (QED) is 0.172. The first-order chi connectivity index (χ1) is 26.7. The third kappa shape index (κ3) is 4.98. The second-order valence-electron chi connectivity index (χ2n) is 13.7. The van der Waals surface area contributed by atoms with Gasteiger partial charge in [0.25, 0.3) is 0 Å². The van der Waals surface area contributed by atoms with E-state index in [-0.39, 0.29) is 0 Å². The number of benzene rings is 6. The van der Waals surface area contributed by atoms with Crippen molar-refractivity contribution in [3.63, 3.8) is 0 Å². The fraction of sp³-hybridized carbons (Fsp3) is 0. The van der Waals surface area contributed by atoms with Gasteiger partial charge in [-0.3, -0.25) is 9.97 Å². The van der Waals surface area contributed by atoms with Gasteiger partial charge in [-0.25, -0.2) is 15.0 Å². The van der Waals surface area contributed by atoms with Crippen LogP contribution in [-0.4, -0.2) is 24.9 Å². The van der Waals surface area contributed by atoms with Crippen molar-refractivity contribution in [3.05, 3.63) is 176 Å². The lowest BCUT2D eigenvalue weighted by Crippen LogP contribution is -1.92. The Morgan fingerprint density at radius 1 is 0.333 bits per heavy atom. The van der Waals surface area contributed by atoms with Gasteiger partial charge in [-0.2, -0.15) is 0 Å². The molecule has 5 heteroatoms. The van der Waals surface area contributed by atoms with Crippen LogP contribution in [0.3, 0.4) is 0 Å². The van der Waals surface area contributed by atoms with E-state index in [0.29, 0.717) is 0 Å². The van der Waals surface area contributed by atoms with E-state index in [1.54, 1.807) is 0 Å². The number of aromatic nitrogens is 5. The fourth-order valence-corrected chi connectivity index (χ4v) is 7.85. The monoisotopic (exact) mass is 687 g/mol. The summed E-state index contributed by atoms with van der Waals surface area (Å²) in [6.07, 6.45) is 5.58. The van der Waals surface area contributed by atoms with E-state index in [4.69, 9.17) is 15.0 Å².